The van der Waals surface area contributed by atoms with Crippen LogP contribution in [0.15, 0.2) is 22.7 Å². The van der Waals surface area contributed by atoms with Crippen LogP contribution in [0.3, 0.4) is 0 Å². The zero-order valence-corrected chi connectivity index (χ0v) is 16.3. The Morgan fingerprint density at radius 1 is 1.38 bits per heavy atom. The molecule has 1 aromatic carbocycles. The number of piperidine rings is 1. The van der Waals surface area contributed by atoms with Crippen LogP contribution in [0.2, 0.25) is 0 Å². The fourth-order valence-corrected chi connectivity index (χ4v) is 3.58. The number of hydrogen-bond donors (Lipinski definition) is 2. The predicted molar refractivity (Wildman–Crippen MR) is 102 cm³/mol. The molecule has 0 atom stereocenters. The summed E-state index contributed by atoms with van der Waals surface area (Å²) in [4.78, 5) is 26.1. The molecule has 0 saturated carbocycles. The Kier molecular flexibility index (Phi) is 6.26. The summed E-state index contributed by atoms with van der Waals surface area (Å²) < 4.78 is 5.90. The molecule has 0 bridgehead atoms. The summed E-state index contributed by atoms with van der Waals surface area (Å²) in [6.07, 6.45) is 1.90. The van der Waals surface area contributed by atoms with E-state index in [1.54, 1.807) is 0 Å². The molecule has 1 fully saturated rings. The Morgan fingerprint density at radius 3 is 2.88 bits per heavy atom. The number of halogens is 1. The van der Waals surface area contributed by atoms with Gasteiger partial charge in [0.25, 0.3) is 5.91 Å². The minimum Gasteiger partial charge on any atom is -0.465 e. The summed E-state index contributed by atoms with van der Waals surface area (Å²) in [5.74, 6) is 0.0773. The van der Waals surface area contributed by atoms with Crippen LogP contribution in [-0.2, 0) is 9.53 Å². The highest BCUT2D eigenvalue weighted by molar-refractivity contribution is 9.10. The smallest absolute Gasteiger partial charge is 0.320 e. The van der Waals surface area contributed by atoms with E-state index in [2.05, 4.69) is 36.3 Å². The predicted octanol–water partition coefficient (Wildman–Crippen LogP) is 2.33. The van der Waals surface area contributed by atoms with Gasteiger partial charge in [0.1, 0.15) is 0 Å². The van der Waals surface area contributed by atoms with Crippen molar-refractivity contribution < 1.29 is 14.3 Å². The zero-order chi connectivity index (χ0) is 18.5. The first-order valence-electron chi connectivity index (χ1n) is 8.86. The van der Waals surface area contributed by atoms with Crippen LogP contribution in [0, 0.1) is 5.92 Å². The Morgan fingerprint density at radius 2 is 2.15 bits per heavy atom. The van der Waals surface area contributed by atoms with Gasteiger partial charge in [0.15, 0.2) is 5.69 Å². The van der Waals surface area contributed by atoms with Gasteiger partial charge in [-0.15, -0.1) is 0 Å². The maximum Gasteiger partial charge on any atom is 0.320 e. The molecular formula is C18H23BrN4O3. The van der Waals surface area contributed by atoms with E-state index < -0.39 is 0 Å². The second-order valence-corrected chi connectivity index (χ2v) is 7.41. The largest absolute Gasteiger partial charge is 0.465 e. The Labute approximate surface area is 160 Å². The van der Waals surface area contributed by atoms with Crippen molar-refractivity contribution in [3.63, 3.8) is 0 Å². The number of amides is 1. The Hall–Kier alpha value is -1.93. The molecule has 1 saturated heterocycles. The van der Waals surface area contributed by atoms with Crippen molar-refractivity contribution in [1.82, 2.24) is 20.4 Å². The molecule has 1 aromatic heterocycles. The highest BCUT2D eigenvalue weighted by atomic mass is 79.9. The van der Waals surface area contributed by atoms with Crippen molar-refractivity contribution in [2.24, 2.45) is 5.92 Å². The first kappa shape index (κ1) is 18.8. The summed E-state index contributed by atoms with van der Waals surface area (Å²) in [6, 6.07) is 5.69. The lowest BCUT2D eigenvalue weighted by atomic mass is 9.96. The lowest BCUT2D eigenvalue weighted by Crippen LogP contribution is -2.41. The molecule has 2 aromatic rings. The van der Waals surface area contributed by atoms with E-state index in [0.29, 0.717) is 31.3 Å². The number of nitrogens with zero attached hydrogens (tertiary/aromatic N) is 2. The number of H-pyrrole nitrogens is 1. The number of likely N-dealkylation sites (tertiary alicyclic amines) is 1. The van der Waals surface area contributed by atoms with Gasteiger partial charge in [-0.3, -0.25) is 19.6 Å². The van der Waals surface area contributed by atoms with Gasteiger partial charge in [0, 0.05) is 16.4 Å². The molecule has 1 amide bonds. The minimum absolute atomic E-state index is 0.164. The van der Waals surface area contributed by atoms with Crippen LogP contribution in [0.5, 0.6) is 0 Å². The molecule has 1 aliphatic heterocycles. The first-order chi connectivity index (χ1) is 12.6. The number of ether oxygens (including phenoxy) is 1. The quantitative estimate of drug-likeness (QED) is 0.697. The number of aromatic amines is 1. The maximum atomic E-state index is 12.5. The highest BCUT2D eigenvalue weighted by Gasteiger charge is 2.22. The lowest BCUT2D eigenvalue weighted by Gasteiger charge is -2.31. The van der Waals surface area contributed by atoms with Crippen molar-refractivity contribution in [1.29, 1.82) is 0 Å². The van der Waals surface area contributed by atoms with Crippen molar-refractivity contribution in [2.45, 2.75) is 19.8 Å². The van der Waals surface area contributed by atoms with Crippen LogP contribution in [0.4, 0.5) is 0 Å². The van der Waals surface area contributed by atoms with E-state index in [1.807, 2.05) is 25.1 Å². The average molecular weight is 423 g/mol. The van der Waals surface area contributed by atoms with E-state index in [0.717, 1.165) is 41.3 Å². The lowest BCUT2D eigenvalue weighted by molar-refractivity contribution is -0.144. The van der Waals surface area contributed by atoms with Gasteiger partial charge < -0.3 is 10.1 Å². The third-order valence-corrected chi connectivity index (χ3v) is 5.15. The molecule has 1 aliphatic rings. The number of benzene rings is 1. The van der Waals surface area contributed by atoms with Crippen LogP contribution in [0.25, 0.3) is 10.9 Å². The van der Waals surface area contributed by atoms with Gasteiger partial charge in [-0.2, -0.15) is 5.10 Å². The number of aromatic nitrogens is 2. The third-order valence-electron chi connectivity index (χ3n) is 4.66. The van der Waals surface area contributed by atoms with E-state index in [-0.39, 0.29) is 11.9 Å². The molecule has 2 N–H and O–H groups in total. The number of hydrogen-bond acceptors (Lipinski definition) is 5. The van der Waals surface area contributed by atoms with Gasteiger partial charge in [-0.1, -0.05) is 15.9 Å². The number of carbonyl (C=O) groups is 2. The fourth-order valence-electron chi connectivity index (χ4n) is 3.22. The molecular weight excluding hydrogens is 400 g/mol. The van der Waals surface area contributed by atoms with Crippen LogP contribution < -0.4 is 5.32 Å². The number of fused-ring (bicyclic) bond motifs is 1. The summed E-state index contributed by atoms with van der Waals surface area (Å²) in [5, 5.41) is 10.8. The minimum atomic E-state index is -0.171. The highest BCUT2D eigenvalue weighted by Crippen LogP contribution is 2.21. The van der Waals surface area contributed by atoms with Gasteiger partial charge >= 0.3 is 5.97 Å². The number of carbonyl (C=O) groups excluding carboxylic acids is 2. The monoisotopic (exact) mass is 422 g/mol. The second-order valence-electron chi connectivity index (χ2n) is 6.50. The molecule has 0 unspecified atom stereocenters. The van der Waals surface area contributed by atoms with Crippen LogP contribution in [-0.4, -0.2) is 59.8 Å². The molecule has 3 rings (SSSR count). The first-order valence-corrected chi connectivity index (χ1v) is 9.66. The van der Waals surface area contributed by atoms with Crippen LogP contribution >= 0.6 is 15.9 Å². The van der Waals surface area contributed by atoms with Crippen molar-refractivity contribution in [3.8, 4) is 0 Å². The maximum absolute atomic E-state index is 12.5. The van der Waals surface area contributed by atoms with E-state index in [4.69, 9.17) is 4.74 Å². The second kappa shape index (κ2) is 8.64. The molecule has 0 spiro atoms. The molecule has 140 valence electrons. The topological polar surface area (TPSA) is 87.3 Å². The molecule has 0 aliphatic carbocycles. The van der Waals surface area contributed by atoms with Crippen LogP contribution in [0.1, 0.15) is 30.3 Å². The number of esters is 1. The standard InChI is InChI=1S/C18H23BrN4O3/c1-2-26-16(24)11-23-7-5-12(6-8-23)10-20-18(25)17-14-9-13(19)3-4-15(14)21-22-17/h3-4,9,12H,2,5-8,10-11H2,1H3,(H,20,25)(H,21,22). The van der Waals surface area contributed by atoms with Gasteiger partial charge in [-0.05, 0) is 57.0 Å². The molecule has 7 nitrogen and oxygen atoms in total. The van der Waals surface area contributed by atoms with Crippen molar-refractivity contribution >= 4 is 38.7 Å². The summed E-state index contributed by atoms with van der Waals surface area (Å²) in [6.45, 7) is 4.89. The van der Waals surface area contributed by atoms with Crippen molar-refractivity contribution in [3.05, 3.63) is 28.4 Å². The average Bonchev–Trinajstić information content (AvgIpc) is 3.04. The van der Waals surface area contributed by atoms with Gasteiger partial charge in [0.2, 0.25) is 0 Å². The summed E-state index contributed by atoms with van der Waals surface area (Å²) in [7, 11) is 0. The zero-order valence-electron chi connectivity index (χ0n) is 14.8. The third kappa shape index (κ3) is 4.62. The summed E-state index contributed by atoms with van der Waals surface area (Å²) in [5.41, 5.74) is 1.26. The summed E-state index contributed by atoms with van der Waals surface area (Å²) >= 11 is 3.42. The fraction of sp³-hybridized carbons (Fsp3) is 0.500. The van der Waals surface area contributed by atoms with Crippen molar-refractivity contribution in [2.75, 3.05) is 32.8 Å². The Balaban J connectivity index is 1.48. The normalized spacial score (nSPS) is 15.9. The number of rotatable bonds is 6. The molecule has 26 heavy (non-hydrogen) atoms. The molecule has 0 radical (unpaired) electrons. The van der Waals surface area contributed by atoms with E-state index >= 15 is 0 Å². The number of nitrogens with one attached hydrogen (secondary N) is 2. The van der Waals surface area contributed by atoms with E-state index in [1.165, 1.54) is 0 Å². The van der Waals surface area contributed by atoms with Gasteiger partial charge in [0.05, 0.1) is 18.7 Å². The van der Waals surface area contributed by atoms with E-state index in [9.17, 15) is 9.59 Å². The van der Waals surface area contributed by atoms with Gasteiger partial charge in [-0.25, -0.2) is 0 Å². The molecule has 8 heteroatoms. The molecule has 2 heterocycles. The SMILES string of the molecule is CCOC(=O)CN1CCC(CNC(=O)c2n[nH]c3ccc(Br)cc23)CC1. The Bertz CT molecular complexity index is 784.